The van der Waals surface area contributed by atoms with Crippen LogP contribution in [0, 0.1) is 0 Å². The monoisotopic (exact) mass is 243 g/mol. The molecule has 1 atom stereocenters. The molecule has 0 unspecified atom stereocenters. The summed E-state index contributed by atoms with van der Waals surface area (Å²) < 4.78 is 0. The second kappa shape index (κ2) is 4.02. The molecule has 7 nitrogen and oxygen atoms in total. The van der Waals surface area contributed by atoms with Crippen LogP contribution in [0.3, 0.4) is 0 Å². The van der Waals surface area contributed by atoms with Gasteiger partial charge in [-0.25, -0.2) is 4.99 Å². The van der Waals surface area contributed by atoms with Crippen LogP contribution in [0.25, 0.3) is 0 Å². The Morgan fingerprint density at radius 1 is 1.22 bits per heavy atom. The van der Waals surface area contributed by atoms with Gasteiger partial charge in [0, 0.05) is 5.56 Å². The summed E-state index contributed by atoms with van der Waals surface area (Å²) in [6, 6.07) is 9.40. The van der Waals surface area contributed by atoms with E-state index in [0.29, 0.717) is 0 Å². The smallest absolute Gasteiger partial charge is 0.269 e. The van der Waals surface area contributed by atoms with E-state index in [0.717, 1.165) is 10.6 Å². The van der Waals surface area contributed by atoms with E-state index in [1.54, 1.807) is 0 Å². The van der Waals surface area contributed by atoms with Crippen molar-refractivity contribution in [2.45, 2.75) is 12.6 Å². The van der Waals surface area contributed by atoms with Gasteiger partial charge in [0.2, 0.25) is 5.91 Å². The summed E-state index contributed by atoms with van der Waals surface area (Å²) in [5, 5.41) is 8.83. The van der Waals surface area contributed by atoms with Crippen molar-refractivity contribution in [3.8, 4) is 0 Å². The van der Waals surface area contributed by atoms with Gasteiger partial charge in [-0.1, -0.05) is 30.3 Å². The summed E-state index contributed by atoms with van der Waals surface area (Å²) in [4.78, 5) is 26.7. The fourth-order valence-electron chi connectivity index (χ4n) is 1.74. The second-order valence-corrected chi connectivity index (χ2v) is 3.87. The van der Waals surface area contributed by atoms with Crippen LogP contribution in [0.1, 0.15) is 18.2 Å². The number of benzene rings is 1. The lowest BCUT2D eigenvalue weighted by Gasteiger charge is -2.10. The summed E-state index contributed by atoms with van der Waals surface area (Å²) in [6.07, 6.45) is -0.628. The number of aliphatic imine (C=N–C) groups is 1. The first-order valence-corrected chi connectivity index (χ1v) is 5.40. The van der Waals surface area contributed by atoms with E-state index in [1.807, 2.05) is 30.3 Å². The molecular formula is C11H9N5O2. The quantitative estimate of drug-likeness (QED) is 0.738. The molecule has 1 aromatic rings. The molecule has 0 aromatic heterocycles. The fourth-order valence-corrected chi connectivity index (χ4v) is 1.74. The van der Waals surface area contributed by atoms with Crippen molar-refractivity contribution in [2.75, 3.05) is 0 Å². The molecule has 18 heavy (non-hydrogen) atoms. The summed E-state index contributed by atoms with van der Waals surface area (Å²) in [6.45, 7) is 0. The van der Waals surface area contributed by atoms with E-state index in [9.17, 15) is 9.59 Å². The molecule has 90 valence electrons. The van der Waals surface area contributed by atoms with Crippen molar-refractivity contribution in [2.24, 2.45) is 15.2 Å². The van der Waals surface area contributed by atoms with Crippen LogP contribution in [0.2, 0.25) is 0 Å². The molecule has 0 aliphatic carbocycles. The maximum atomic E-state index is 11.5. The van der Waals surface area contributed by atoms with Crippen LogP contribution in [0.15, 0.2) is 45.6 Å². The molecule has 2 aliphatic rings. The van der Waals surface area contributed by atoms with Crippen molar-refractivity contribution < 1.29 is 9.59 Å². The fraction of sp³-hybridized carbons (Fsp3) is 0.182. The zero-order chi connectivity index (χ0) is 12.5. The van der Waals surface area contributed by atoms with Gasteiger partial charge in [-0.2, -0.15) is 10.1 Å². The summed E-state index contributed by atoms with van der Waals surface area (Å²) in [5.41, 5.74) is 3.26. The third-order valence-corrected chi connectivity index (χ3v) is 2.59. The first-order chi connectivity index (χ1) is 8.74. The normalized spacial score (nSPS) is 22.3. The third kappa shape index (κ3) is 1.75. The average Bonchev–Trinajstić information content (AvgIpc) is 2.97. The van der Waals surface area contributed by atoms with Crippen LogP contribution >= 0.6 is 0 Å². The lowest BCUT2D eigenvalue weighted by Crippen LogP contribution is -2.39. The summed E-state index contributed by atoms with van der Waals surface area (Å²) in [7, 11) is 0. The number of amides is 2. The standard InChI is InChI=1S/C11H9N5O2/c17-8-6-9(18)16(15-8)11-12-10(13-14-11)7-4-2-1-3-5-7/h1-5,10H,6H2,(H,15,17)/t10-/m1/s1. The molecule has 3 rings (SSSR count). The number of azo groups is 1. The lowest BCUT2D eigenvalue weighted by molar-refractivity contribution is -0.125. The number of carbonyl (C=O) groups is 2. The maximum absolute atomic E-state index is 11.5. The third-order valence-electron chi connectivity index (χ3n) is 2.59. The molecule has 0 radical (unpaired) electrons. The zero-order valence-corrected chi connectivity index (χ0v) is 9.28. The highest BCUT2D eigenvalue weighted by molar-refractivity contribution is 6.10. The maximum Gasteiger partial charge on any atom is 0.269 e. The minimum Gasteiger partial charge on any atom is -0.273 e. The molecule has 1 fully saturated rings. The molecule has 1 N–H and O–H groups in total. The van der Waals surface area contributed by atoms with Gasteiger partial charge in [0.05, 0.1) is 0 Å². The number of hydrazine groups is 1. The molecule has 2 aliphatic heterocycles. The van der Waals surface area contributed by atoms with Crippen LogP contribution in [-0.2, 0) is 9.59 Å². The van der Waals surface area contributed by atoms with E-state index in [4.69, 9.17) is 0 Å². The van der Waals surface area contributed by atoms with Crippen molar-refractivity contribution in [1.82, 2.24) is 10.4 Å². The van der Waals surface area contributed by atoms with Gasteiger partial charge < -0.3 is 0 Å². The number of guanidine groups is 1. The number of rotatable bonds is 1. The Labute approximate surface area is 102 Å². The Morgan fingerprint density at radius 2 is 2.00 bits per heavy atom. The Morgan fingerprint density at radius 3 is 2.67 bits per heavy atom. The van der Waals surface area contributed by atoms with Crippen LogP contribution < -0.4 is 5.43 Å². The predicted molar refractivity (Wildman–Crippen MR) is 61.1 cm³/mol. The minimum atomic E-state index is -0.452. The number of hydrogen-bond acceptors (Lipinski definition) is 5. The topological polar surface area (TPSA) is 86.5 Å². The highest BCUT2D eigenvalue weighted by Gasteiger charge is 2.33. The number of nitrogens with zero attached hydrogens (tertiary/aromatic N) is 4. The van der Waals surface area contributed by atoms with E-state index >= 15 is 0 Å². The zero-order valence-electron chi connectivity index (χ0n) is 9.28. The molecule has 2 amide bonds. The van der Waals surface area contributed by atoms with E-state index < -0.39 is 6.17 Å². The van der Waals surface area contributed by atoms with Gasteiger partial charge >= 0.3 is 0 Å². The van der Waals surface area contributed by atoms with Crippen LogP contribution in [0.4, 0.5) is 0 Å². The van der Waals surface area contributed by atoms with Gasteiger partial charge in [-0.05, 0) is 0 Å². The van der Waals surface area contributed by atoms with Gasteiger partial charge in [0.15, 0.2) is 6.17 Å². The molecule has 7 heteroatoms. The SMILES string of the molecule is O=C1CC(=O)N(C2=N[C@@H](c3ccccc3)N=N2)N1. The Bertz CT molecular complexity index is 566. The Balaban J connectivity index is 1.83. The van der Waals surface area contributed by atoms with Crippen LogP contribution in [-0.4, -0.2) is 22.8 Å². The number of carbonyl (C=O) groups excluding carboxylic acids is 2. The second-order valence-electron chi connectivity index (χ2n) is 3.87. The van der Waals surface area contributed by atoms with Gasteiger partial charge in [-0.15, -0.1) is 5.11 Å². The van der Waals surface area contributed by atoms with E-state index in [-0.39, 0.29) is 24.2 Å². The Kier molecular flexibility index (Phi) is 2.36. The molecule has 0 bridgehead atoms. The molecule has 0 saturated carbocycles. The van der Waals surface area contributed by atoms with E-state index in [2.05, 4.69) is 20.6 Å². The van der Waals surface area contributed by atoms with Crippen LogP contribution in [0.5, 0.6) is 0 Å². The predicted octanol–water partition coefficient (Wildman–Crippen LogP) is 0.770. The first-order valence-electron chi connectivity index (χ1n) is 5.40. The van der Waals surface area contributed by atoms with Gasteiger partial charge in [-0.3, -0.25) is 15.0 Å². The van der Waals surface area contributed by atoms with Gasteiger partial charge in [0.25, 0.3) is 11.9 Å². The molecule has 1 saturated heterocycles. The van der Waals surface area contributed by atoms with E-state index in [1.165, 1.54) is 0 Å². The van der Waals surface area contributed by atoms with Crippen molar-refractivity contribution >= 4 is 17.8 Å². The largest absolute Gasteiger partial charge is 0.273 e. The highest BCUT2D eigenvalue weighted by Crippen LogP contribution is 2.24. The highest BCUT2D eigenvalue weighted by atomic mass is 16.2. The lowest BCUT2D eigenvalue weighted by atomic mass is 10.2. The number of nitrogens with one attached hydrogen (secondary N) is 1. The summed E-state index contributed by atoms with van der Waals surface area (Å²) in [5.74, 6) is -0.604. The Hall–Kier alpha value is -2.57. The van der Waals surface area contributed by atoms with Crippen molar-refractivity contribution in [3.05, 3.63) is 35.9 Å². The first kappa shape index (κ1) is 10.6. The molecule has 2 heterocycles. The molecule has 1 aromatic carbocycles. The molecular weight excluding hydrogens is 234 g/mol. The summed E-state index contributed by atoms with van der Waals surface area (Å²) >= 11 is 0. The van der Waals surface area contributed by atoms with Crippen molar-refractivity contribution in [1.29, 1.82) is 0 Å². The van der Waals surface area contributed by atoms with Gasteiger partial charge in [0.1, 0.15) is 6.42 Å². The average molecular weight is 243 g/mol. The minimum absolute atomic E-state index is 0.125. The number of hydrogen-bond donors (Lipinski definition) is 1. The molecule has 0 spiro atoms. The van der Waals surface area contributed by atoms with Crippen molar-refractivity contribution in [3.63, 3.8) is 0 Å².